The Kier molecular flexibility index (Phi) is 32.1. The van der Waals surface area contributed by atoms with Crippen LogP contribution >= 0.6 is 0 Å². The first kappa shape index (κ1) is 91.8. The summed E-state index contributed by atoms with van der Waals surface area (Å²) < 4.78 is 24.1. The van der Waals surface area contributed by atoms with Crippen molar-refractivity contribution in [2.75, 3.05) is 46.0 Å². The van der Waals surface area contributed by atoms with Crippen molar-refractivity contribution in [2.24, 2.45) is 0 Å². The van der Waals surface area contributed by atoms with Crippen LogP contribution in [0.25, 0.3) is 22.3 Å². The summed E-state index contributed by atoms with van der Waals surface area (Å²) in [5, 5.41) is 0. The van der Waals surface area contributed by atoms with Gasteiger partial charge in [0.05, 0.1) is 26.4 Å². The monoisotopic (exact) mass is 1710 g/mol. The Hall–Kier alpha value is -11.0. The van der Waals surface area contributed by atoms with Crippen LogP contribution in [0.15, 0.2) is 267 Å². The van der Waals surface area contributed by atoms with Crippen LogP contribution in [-0.2, 0) is 29.8 Å². The van der Waals surface area contributed by atoms with Gasteiger partial charge < -0.3 is 38.5 Å². The highest BCUT2D eigenvalue weighted by molar-refractivity contribution is 5.92. The smallest absolute Gasteiger partial charge is 0.184 e. The molecular formula is C118H136N4O6. The summed E-state index contributed by atoms with van der Waals surface area (Å²) >= 11 is 0. The number of hydrogen-bond acceptors (Lipinski definition) is 10. The van der Waals surface area contributed by atoms with Gasteiger partial charge in [-0.25, -0.2) is 0 Å². The fourth-order valence-corrected chi connectivity index (χ4v) is 20.7. The maximum atomic E-state index is 12.1. The zero-order valence-electron chi connectivity index (χ0n) is 77.6. The molecule has 0 radical (unpaired) electrons. The largest absolute Gasteiger partial charge is 0.346 e. The number of rotatable bonds is 44. The molecule has 10 heteroatoms. The summed E-state index contributed by atoms with van der Waals surface area (Å²) in [6, 6.07) is 97.7. The first-order valence-corrected chi connectivity index (χ1v) is 48.7. The molecule has 2 saturated heterocycles. The maximum absolute atomic E-state index is 12.1. The Morgan fingerprint density at radius 2 is 0.469 bits per heavy atom. The Balaban J connectivity index is 0.000000198. The second-order valence-electron chi connectivity index (χ2n) is 36.6. The van der Waals surface area contributed by atoms with Crippen LogP contribution in [0.5, 0.6) is 0 Å². The summed E-state index contributed by atoms with van der Waals surface area (Å²) in [5.74, 6) is 0. The van der Waals surface area contributed by atoms with Crippen molar-refractivity contribution in [3.05, 3.63) is 334 Å². The molecule has 10 nitrogen and oxygen atoms in total. The van der Waals surface area contributed by atoms with Gasteiger partial charge in [0, 0.05) is 101 Å². The van der Waals surface area contributed by atoms with E-state index in [1.807, 2.05) is 36.4 Å². The molecule has 4 aliphatic rings. The summed E-state index contributed by atoms with van der Waals surface area (Å²) in [7, 11) is 0. The van der Waals surface area contributed by atoms with Gasteiger partial charge in [-0.1, -0.05) is 303 Å². The quantitative estimate of drug-likeness (QED) is 0.0272. The van der Waals surface area contributed by atoms with Crippen LogP contribution in [0.2, 0.25) is 0 Å². The minimum absolute atomic E-state index is 0.163. The van der Waals surface area contributed by atoms with E-state index in [-0.39, 0.29) is 23.4 Å². The predicted molar refractivity (Wildman–Crippen MR) is 535 cm³/mol. The van der Waals surface area contributed by atoms with Crippen molar-refractivity contribution in [2.45, 2.75) is 259 Å². The Labute approximate surface area is 765 Å². The van der Waals surface area contributed by atoms with E-state index in [0.29, 0.717) is 37.6 Å². The second kappa shape index (κ2) is 44.8. The van der Waals surface area contributed by atoms with Crippen LogP contribution in [0.4, 0.5) is 68.2 Å². The van der Waals surface area contributed by atoms with Crippen molar-refractivity contribution in [3.8, 4) is 22.3 Å². The first-order chi connectivity index (χ1) is 62.8. The van der Waals surface area contributed by atoms with Crippen LogP contribution in [0.3, 0.4) is 0 Å². The van der Waals surface area contributed by atoms with Crippen LogP contribution < -0.4 is 19.6 Å². The molecule has 16 rings (SSSR count). The number of aldehydes is 2. The number of unbranched alkanes of at least 4 members (excludes halogenated alkanes) is 20. The van der Waals surface area contributed by atoms with E-state index in [1.54, 1.807) is 0 Å². The summed E-state index contributed by atoms with van der Waals surface area (Å²) in [5.41, 5.74) is 32.1. The molecule has 0 bridgehead atoms. The topological polar surface area (TPSA) is 84.0 Å². The van der Waals surface area contributed by atoms with E-state index >= 15 is 0 Å². The van der Waals surface area contributed by atoms with Gasteiger partial charge in [0.25, 0.3) is 0 Å². The van der Waals surface area contributed by atoms with Crippen molar-refractivity contribution < 1.29 is 28.5 Å². The molecule has 0 atom stereocenters. The standard InChI is InChI=1S/C61H72N2O4.C57H64N2O2/c1-5-7-9-11-13-15-33-61(34-16-14-12-10-8-6-2)57-43-53(62(49-25-17-21-45(3)39-49)51-27-19-23-47(41-51)59-64-35-36-65-59)29-31-55(57)56-32-30-54(44-58(56)61)63(50-26-18-22-46(4)40-50)52-28-20-24-48(42-52)60-66-37-38-67-60;1-5-7-9-11-13-15-33-57(34-16-14-12-10-8-6-2)55-39-51(58(47-25-17-21-43(3)35-47)49-27-19-23-45(37-49)41-60)29-31-53(55)54-32-30-52(40-56(54)57)59(48-26-18-22-44(4)36-48)50-28-20-24-46(38-50)42-61/h17-32,39-44,59-60H,5-16,33-38H2,1-4H3;17-32,35-42H,5-16,33-34H2,1-4H3. The van der Waals surface area contributed by atoms with E-state index in [0.717, 1.165) is 106 Å². The molecule has 2 aliphatic carbocycles. The number of aryl methyl sites for hydroxylation is 4. The molecule has 664 valence electrons. The van der Waals surface area contributed by atoms with E-state index < -0.39 is 0 Å². The highest BCUT2D eigenvalue weighted by atomic mass is 16.7. The molecule has 2 heterocycles. The van der Waals surface area contributed by atoms with Gasteiger partial charge >= 0.3 is 0 Å². The van der Waals surface area contributed by atoms with E-state index in [1.165, 1.54) is 232 Å². The van der Waals surface area contributed by atoms with Crippen molar-refractivity contribution in [1.29, 1.82) is 0 Å². The average molecular weight is 1710 g/mol. The normalized spacial score (nSPS) is 14.1. The average Bonchev–Trinajstić information content (AvgIpc) is 1.56. The van der Waals surface area contributed by atoms with Crippen molar-refractivity contribution >= 4 is 80.8 Å². The summed E-state index contributed by atoms with van der Waals surface area (Å²) in [4.78, 5) is 33.8. The minimum atomic E-state index is -0.350. The number of nitrogens with zero attached hydrogens (tertiary/aromatic N) is 4. The third-order valence-electron chi connectivity index (χ3n) is 27.1. The fourth-order valence-electron chi connectivity index (χ4n) is 20.7. The molecule has 0 spiro atoms. The number of ether oxygens (including phenoxy) is 4. The summed E-state index contributed by atoms with van der Waals surface area (Å²) in [6.45, 7) is 20.3. The SMILES string of the molecule is CCCCCCCCC1(CCCCCCCC)c2cc(N(c3cccc(C)c3)c3cccc(C4OCCO4)c3)ccc2-c2ccc(N(c3cccc(C)c3)c3cccc(C4OCCO4)c3)cc21.CCCCCCCCC1(CCCCCCCC)c2cc(N(c3cccc(C)c3)c3cccc(C=O)c3)ccc2-c2ccc(N(c3cccc(C)c3)c3cccc(C=O)c3)cc21. The highest BCUT2D eigenvalue weighted by Crippen LogP contribution is 2.60. The predicted octanol–water partition coefficient (Wildman–Crippen LogP) is 33.7. The van der Waals surface area contributed by atoms with Gasteiger partial charge in [0.15, 0.2) is 12.6 Å². The molecule has 0 amide bonds. The van der Waals surface area contributed by atoms with Gasteiger partial charge in [-0.3, -0.25) is 9.59 Å². The lowest BCUT2D eigenvalue weighted by atomic mass is 9.70. The maximum Gasteiger partial charge on any atom is 0.184 e. The van der Waals surface area contributed by atoms with Gasteiger partial charge in [0.1, 0.15) is 12.6 Å². The molecule has 0 aromatic heterocycles. The lowest BCUT2D eigenvalue weighted by Gasteiger charge is -2.35. The van der Waals surface area contributed by atoms with E-state index in [9.17, 15) is 9.59 Å². The van der Waals surface area contributed by atoms with Crippen LogP contribution in [0, 0.1) is 27.7 Å². The van der Waals surface area contributed by atoms with E-state index in [2.05, 4.69) is 306 Å². The Bertz CT molecular complexity index is 5310. The molecular weight excluding hydrogens is 1570 g/mol. The van der Waals surface area contributed by atoms with Crippen molar-refractivity contribution in [3.63, 3.8) is 0 Å². The number of carbonyl (C=O) groups excluding carboxylic acids is 2. The lowest BCUT2D eigenvalue weighted by Crippen LogP contribution is -2.26. The van der Waals surface area contributed by atoms with E-state index in [4.69, 9.17) is 18.9 Å². The Morgan fingerprint density at radius 1 is 0.250 bits per heavy atom. The molecule has 0 N–H and O–H groups in total. The molecule has 12 aromatic rings. The fraction of sp³-hybridized carbons (Fsp3) is 0.373. The lowest BCUT2D eigenvalue weighted by molar-refractivity contribution is -0.0442. The minimum Gasteiger partial charge on any atom is -0.346 e. The van der Waals surface area contributed by atoms with Gasteiger partial charge in [-0.2, -0.15) is 0 Å². The third-order valence-corrected chi connectivity index (χ3v) is 27.1. The second-order valence-corrected chi connectivity index (χ2v) is 36.6. The van der Waals surface area contributed by atoms with Gasteiger partial charge in [-0.05, 0) is 266 Å². The van der Waals surface area contributed by atoms with Gasteiger partial charge in [0.2, 0.25) is 0 Å². The highest BCUT2D eigenvalue weighted by Gasteiger charge is 2.46. The number of benzene rings is 12. The molecule has 128 heavy (non-hydrogen) atoms. The van der Waals surface area contributed by atoms with Gasteiger partial charge in [-0.15, -0.1) is 0 Å². The number of anilines is 12. The van der Waals surface area contributed by atoms with Crippen molar-refractivity contribution in [1.82, 2.24) is 0 Å². The Morgan fingerprint density at radius 3 is 0.719 bits per heavy atom. The number of carbonyl (C=O) groups is 2. The number of hydrogen-bond donors (Lipinski definition) is 0. The zero-order chi connectivity index (χ0) is 88.6. The third kappa shape index (κ3) is 21.6. The molecule has 2 aliphatic heterocycles. The molecule has 0 unspecified atom stereocenters. The molecule has 12 aromatic carbocycles. The van der Waals surface area contributed by atoms with Crippen LogP contribution in [0.1, 0.15) is 296 Å². The molecule has 0 saturated carbocycles. The number of fused-ring (bicyclic) bond motifs is 6. The van der Waals surface area contributed by atoms with Crippen LogP contribution in [-0.4, -0.2) is 39.0 Å². The first-order valence-electron chi connectivity index (χ1n) is 48.7. The zero-order valence-corrected chi connectivity index (χ0v) is 77.6. The molecule has 2 fully saturated rings. The summed E-state index contributed by atoms with van der Waals surface area (Å²) in [6.07, 6.45) is 35.8.